The van der Waals surface area contributed by atoms with Crippen molar-refractivity contribution in [1.29, 1.82) is 0 Å². The minimum Gasteiger partial charge on any atom is -0.370 e. The van der Waals surface area contributed by atoms with Gasteiger partial charge in [0.15, 0.2) is 0 Å². The summed E-state index contributed by atoms with van der Waals surface area (Å²) in [6.07, 6.45) is 8.55. The fraction of sp³-hybridized carbons (Fsp3) is 0.619. The maximum atomic E-state index is 6.49. The Morgan fingerprint density at radius 2 is 2.11 bits per heavy atom. The van der Waals surface area contributed by atoms with Gasteiger partial charge in [0, 0.05) is 5.02 Å². The number of halogens is 1. The summed E-state index contributed by atoms with van der Waals surface area (Å²) >= 11 is 6.49. The number of quaternary nitrogens is 1. The highest BCUT2D eigenvalue weighted by Gasteiger charge is 2.66. The van der Waals surface area contributed by atoms with Gasteiger partial charge in [-0.3, -0.25) is 0 Å². The average Bonchev–Trinajstić information content (AvgIpc) is 3.40. The summed E-state index contributed by atoms with van der Waals surface area (Å²) in [6.45, 7) is 5.71. The third-order valence-corrected chi connectivity index (χ3v) is 7.39. The van der Waals surface area contributed by atoms with E-state index in [0.717, 1.165) is 49.0 Å². The normalized spacial score (nSPS) is 33.6. The summed E-state index contributed by atoms with van der Waals surface area (Å²) < 4.78 is 5.70. The predicted molar refractivity (Wildman–Crippen MR) is 106 cm³/mol. The van der Waals surface area contributed by atoms with Crippen LogP contribution in [0.3, 0.4) is 0 Å². The molecule has 1 saturated heterocycles. The first-order valence-electron chi connectivity index (χ1n) is 10.3. The number of rotatable bonds is 3. The number of fused-ring (bicyclic) bond motifs is 1. The number of morpholine rings is 1. The van der Waals surface area contributed by atoms with Crippen molar-refractivity contribution >= 4 is 17.3 Å². The van der Waals surface area contributed by atoms with Crippen LogP contribution in [0.25, 0.3) is 0 Å². The molecule has 2 fully saturated rings. The maximum absolute atomic E-state index is 6.49. The summed E-state index contributed by atoms with van der Waals surface area (Å²) in [5, 5.41) is 12.6. The van der Waals surface area contributed by atoms with E-state index in [1.165, 1.54) is 25.7 Å². The fourth-order valence-electron chi connectivity index (χ4n) is 5.73. The standard InChI is InChI=1S/C21H27ClN4O/c1-15-6-7-17(14-19(15)22)26-21(25-10-12-27-13-11-25)18(16-4-2-3-5-16)8-9-20(21)23-24-26/h4,6-7,14,18,20H,2-3,5,8-13H2,1H3/p+1/t18-,20-,21+/m0/s1. The molecule has 144 valence electrons. The Balaban J connectivity index is 1.62. The largest absolute Gasteiger partial charge is 0.370 e. The van der Waals surface area contributed by atoms with Crippen LogP contribution in [-0.2, 0) is 4.74 Å². The first-order chi connectivity index (χ1) is 13.2. The van der Waals surface area contributed by atoms with E-state index in [1.807, 2.05) is 6.92 Å². The van der Waals surface area contributed by atoms with Gasteiger partial charge < -0.3 is 9.64 Å². The first-order valence-corrected chi connectivity index (χ1v) is 10.7. The van der Waals surface area contributed by atoms with Crippen molar-refractivity contribution in [2.24, 2.45) is 16.3 Å². The lowest BCUT2D eigenvalue weighted by Crippen LogP contribution is -3.25. The van der Waals surface area contributed by atoms with Crippen LogP contribution in [0, 0.1) is 12.8 Å². The van der Waals surface area contributed by atoms with E-state index in [4.69, 9.17) is 26.7 Å². The first kappa shape index (κ1) is 17.7. The summed E-state index contributed by atoms with van der Waals surface area (Å²) in [5.74, 6) is 0.508. The molecule has 1 N–H and O–H groups in total. The molecule has 0 amide bonds. The molecule has 0 radical (unpaired) electrons. The Bertz CT molecular complexity index is 788. The third-order valence-electron chi connectivity index (χ3n) is 6.99. The molecule has 1 aromatic rings. The van der Waals surface area contributed by atoms with Gasteiger partial charge in [0.1, 0.15) is 19.1 Å². The van der Waals surface area contributed by atoms with E-state index in [2.05, 4.69) is 29.3 Å². The molecule has 3 atom stereocenters. The lowest BCUT2D eigenvalue weighted by molar-refractivity contribution is -0.961. The number of ether oxygens (including phenoxy) is 1. The van der Waals surface area contributed by atoms with Crippen LogP contribution in [0.5, 0.6) is 0 Å². The highest BCUT2D eigenvalue weighted by Crippen LogP contribution is 2.50. The zero-order chi connectivity index (χ0) is 18.4. The molecule has 5 nitrogen and oxygen atoms in total. The monoisotopic (exact) mass is 387 g/mol. The van der Waals surface area contributed by atoms with E-state index >= 15 is 0 Å². The molecule has 6 heteroatoms. The van der Waals surface area contributed by atoms with Crippen LogP contribution in [0.15, 0.2) is 40.2 Å². The van der Waals surface area contributed by atoms with Crippen LogP contribution in [0.2, 0.25) is 5.02 Å². The molecule has 0 aromatic heterocycles. The molecule has 27 heavy (non-hydrogen) atoms. The number of hydrogen-bond donors (Lipinski definition) is 1. The molecule has 0 spiro atoms. The topological polar surface area (TPSA) is 41.6 Å². The number of hydrogen-bond acceptors (Lipinski definition) is 4. The molecular weight excluding hydrogens is 360 g/mol. The average molecular weight is 388 g/mol. The Morgan fingerprint density at radius 3 is 2.85 bits per heavy atom. The van der Waals surface area contributed by atoms with Gasteiger partial charge in [0.2, 0.25) is 5.66 Å². The minimum absolute atomic E-state index is 0.126. The molecule has 4 aliphatic rings. The smallest absolute Gasteiger partial charge is 0.225 e. The van der Waals surface area contributed by atoms with Gasteiger partial charge in [-0.05, 0) is 56.7 Å². The molecule has 2 aliphatic heterocycles. The van der Waals surface area contributed by atoms with Gasteiger partial charge in [-0.25, -0.2) is 0 Å². The van der Waals surface area contributed by atoms with E-state index in [0.29, 0.717) is 5.92 Å². The summed E-state index contributed by atoms with van der Waals surface area (Å²) in [7, 11) is 0. The van der Waals surface area contributed by atoms with Crippen molar-refractivity contribution in [3.05, 3.63) is 40.4 Å². The molecular formula is C21H28ClN4O+. The zero-order valence-electron chi connectivity index (χ0n) is 16.0. The van der Waals surface area contributed by atoms with E-state index in [-0.39, 0.29) is 11.7 Å². The second-order valence-corrected chi connectivity index (χ2v) is 8.72. The summed E-state index contributed by atoms with van der Waals surface area (Å²) in [5.41, 5.74) is 3.68. The van der Waals surface area contributed by atoms with Crippen molar-refractivity contribution < 1.29 is 9.64 Å². The molecule has 2 aliphatic carbocycles. The number of aryl methyl sites for hydroxylation is 1. The van der Waals surface area contributed by atoms with Crippen LogP contribution < -0.4 is 9.91 Å². The predicted octanol–water partition coefficient (Wildman–Crippen LogP) is 3.34. The number of anilines is 1. The Morgan fingerprint density at radius 1 is 1.26 bits per heavy atom. The number of nitrogens with zero attached hydrogens (tertiary/aromatic N) is 3. The second-order valence-electron chi connectivity index (χ2n) is 8.31. The Kier molecular flexibility index (Phi) is 4.49. The molecule has 1 saturated carbocycles. The highest BCUT2D eigenvalue weighted by atomic mass is 35.5. The molecule has 2 heterocycles. The number of benzene rings is 1. The molecule has 1 aromatic carbocycles. The van der Waals surface area contributed by atoms with Gasteiger partial charge in [0.05, 0.1) is 24.8 Å². The van der Waals surface area contributed by atoms with Crippen LogP contribution in [0.1, 0.15) is 37.7 Å². The van der Waals surface area contributed by atoms with Gasteiger partial charge in [-0.15, -0.1) is 0 Å². The second kappa shape index (κ2) is 6.87. The quantitative estimate of drug-likeness (QED) is 0.808. The minimum atomic E-state index is -0.126. The summed E-state index contributed by atoms with van der Waals surface area (Å²) in [4.78, 5) is 1.58. The number of allylic oxidation sites excluding steroid dienone is 1. The molecule has 5 rings (SSSR count). The molecule has 0 unspecified atom stereocenters. The fourth-order valence-corrected chi connectivity index (χ4v) is 5.90. The Hall–Kier alpha value is -1.43. The highest BCUT2D eigenvalue weighted by molar-refractivity contribution is 6.31. The van der Waals surface area contributed by atoms with Crippen molar-refractivity contribution in [2.75, 3.05) is 31.3 Å². The van der Waals surface area contributed by atoms with E-state index < -0.39 is 0 Å². The maximum Gasteiger partial charge on any atom is 0.225 e. The van der Waals surface area contributed by atoms with Gasteiger partial charge in [-0.2, -0.15) is 10.1 Å². The van der Waals surface area contributed by atoms with Crippen molar-refractivity contribution in [2.45, 2.75) is 50.7 Å². The number of nitrogens with one attached hydrogen (secondary N) is 1. The third kappa shape index (κ3) is 2.66. The Labute approximate surface area is 166 Å². The van der Waals surface area contributed by atoms with E-state index in [9.17, 15) is 0 Å². The van der Waals surface area contributed by atoms with E-state index in [1.54, 1.807) is 10.5 Å². The van der Waals surface area contributed by atoms with Crippen LogP contribution in [0.4, 0.5) is 5.69 Å². The van der Waals surface area contributed by atoms with Gasteiger partial charge in [0.25, 0.3) is 0 Å². The van der Waals surface area contributed by atoms with Gasteiger partial charge >= 0.3 is 0 Å². The lowest BCUT2D eigenvalue weighted by Gasteiger charge is -2.47. The van der Waals surface area contributed by atoms with Crippen LogP contribution in [-0.4, -0.2) is 38.0 Å². The van der Waals surface area contributed by atoms with Crippen molar-refractivity contribution in [3.63, 3.8) is 0 Å². The molecule has 0 bridgehead atoms. The van der Waals surface area contributed by atoms with Crippen molar-refractivity contribution in [1.82, 2.24) is 0 Å². The van der Waals surface area contributed by atoms with Crippen LogP contribution >= 0.6 is 11.6 Å². The lowest BCUT2D eigenvalue weighted by atomic mass is 9.84. The van der Waals surface area contributed by atoms with Crippen molar-refractivity contribution in [3.8, 4) is 0 Å². The zero-order valence-corrected chi connectivity index (χ0v) is 16.7. The SMILES string of the molecule is Cc1ccc(N2N=N[C@H]3CC[C@@H](C4=CCCC4)[C@]32[NH+]2CCOCC2)cc1Cl. The van der Waals surface area contributed by atoms with Gasteiger partial charge in [-0.1, -0.05) is 34.5 Å². The summed E-state index contributed by atoms with van der Waals surface area (Å²) in [6, 6.07) is 6.57.